The van der Waals surface area contributed by atoms with Crippen LogP contribution in [0.4, 0.5) is 10.2 Å². The molecule has 4 nitrogen and oxygen atoms in total. The van der Waals surface area contributed by atoms with Gasteiger partial charge in [-0.3, -0.25) is 0 Å². The zero-order valence-electron chi connectivity index (χ0n) is 8.72. The molecule has 0 aliphatic heterocycles. The van der Waals surface area contributed by atoms with Gasteiger partial charge in [-0.15, -0.1) is 0 Å². The number of benzene rings is 1. The fourth-order valence-electron chi connectivity index (χ4n) is 1.61. The van der Waals surface area contributed by atoms with Gasteiger partial charge in [0.25, 0.3) is 0 Å². The first-order valence-corrected chi connectivity index (χ1v) is 4.84. The van der Waals surface area contributed by atoms with Crippen LogP contribution in [0.3, 0.4) is 0 Å². The molecule has 2 rings (SSSR count). The molecule has 0 fully saturated rings. The molecule has 1 heterocycles. The van der Waals surface area contributed by atoms with Crippen molar-refractivity contribution in [3.05, 3.63) is 47.9 Å². The zero-order chi connectivity index (χ0) is 12.4. The summed E-state index contributed by atoms with van der Waals surface area (Å²) < 4.78 is 13.6. The number of hydrogen-bond acceptors (Lipinski definition) is 3. The summed E-state index contributed by atoms with van der Waals surface area (Å²) >= 11 is 0. The van der Waals surface area contributed by atoms with Gasteiger partial charge in [0.1, 0.15) is 17.2 Å². The molecule has 0 bridgehead atoms. The second-order valence-corrected chi connectivity index (χ2v) is 3.40. The summed E-state index contributed by atoms with van der Waals surface area (Å²) in [5.74, 6) is -1.85. The molecule has 0 saturated heterocycles. The molecule has 0 amide bonds. The molecule has 0 saturated carbocycles. The van der Waals surface area contributed by atoms with Crippen LogP contribution in [0.5, 0.6) is 0 Å². The molecule has 1 aromatic heterocycles. The van der Waals surface area contributed by atoms with E-state index in [4.69, 9.17) is 10.8 Å². The summed E-state index contributed by atoms with van der Waals surface area (Å²) in [5, 5.41) is 9.06. The molecule has 0 aliphatic rings. The number of aromatic nitrogens is 1. The highest BCUT2D eigenvalue weighted by molar-refractivity contribution is 6.00. The largest absolute Gasteiger partial charge is 0.478 e. The second kappa shape index (κ2) is 4.21. The molecule has 0 radical (unpaired) electrons. The molecule has 1 aromatic carbocycles. The topological polar surface area (TPSA) is 76.2 Å². The van der Waals surface area contributed by atoms with Crippen molar-refractivity contribution in [1.29, 1.82) is 0 Å². The molecule has 17 heavy (non-hydrogen) atoms. The van der Waals surface area contributed by atoms with Gasteiger partial charge in [0, 0.05) is 17.3 Å². The summed E-state index contributed by atoms with van der Waals surface area (Å²) in [4.78, 5) is 14.8. The summed E-state index contributed by atoms with van der Waals surface area (Å²) in [7, 11) is 0. The average Bonchev–Trinajstić information content (AvgIpc) is 2.28. The van der Waals surface area contributed by atoms with E-state index in [0.717, 1.165) is 0 Å². The Labute approximate surface area is 96.5 Å². The van der Waals surface area contributed by atoms with Crippen LogP contribution in [-0.4, -0.2) is 16.1 Å². The van der Waals surface area contributed by atoms with Gasteiger partial charge in [0.2, 0.25) is 0 Å². The molecule has 86 valence electrons. The lowest BCUT2D eigenvalue weighted by molar-refractivity contribution is 0.0698. The van der Waals surface area contributed by atoms with Gasteiger partial charge >= 0.3 is 5.97 Å². The highest BCUT2D eigenvalue weighted by Crippen LogP contribution is 2.28. The summed E-state index contributed by atoms with van der Waals surface area (Å²) in [5.41, 5.74) is 5.73. The van der Waals surface area contributed by atoms with Gasteiger partial charge in [0.15, 0.2) is 0 Å². The van der Waals surface area contributed by atoms with Crippen molar-refractivity contribution in [3.63, 3.8) is 0 Å². The molecule has 0 aliphatic carbocycles. The van der Waals surface area contributed by atoms with Crippen LogP contribution in [0.1, 0.15) is 10.4 Å². The van der Waals surface area contributed by atoms with Crippen molar-refractivity contribution in [2.75, 3.05) is 5.73 Å². The van der Waals surface area contributed by atoms with E-state index in [1.165, 1.54) is 30.5 Å². The van der Waals surface area contributed by atoms with Gasteiger partial charge < -0.3 is 10.8 Å². The van der Waals surface area contributed by atoms with Crippen molar-refractivity contribution in [1.82, 2.24) is 4.98 Å². The van der Waals surface area contributed by atoms with Gasteiger partial charge in [-0.25, -0.2) is 14.2 Å². The zero-order valence-corrected chi connectivity index (χ0v) is 8.72. The third-order valence-corrected chi connectivity index (χ3v) is 2.36. The van der Waals surface area contributed by atoms with Gasteiger partial charge in [-0.05, 0) is 12.1 Å². The second-order valence-electron chi connectivity index (χ2n) is 3.40. The van der Waals surface area contributed by atoms with Crippen LogP contribution in [0.25, 0.3) is 11.1 Å². The Hall–Kier alpha value is -2.43. The van der Waals surface area contributed by atoms with Crippen molar-refractivity contribution < 1.29 is 14.3 Å². The van der Waals surface area contributed by atoms with Crippen molar-refractivity contribution in [3.8, 4) is 11.1 Å². The predicted molar refractivity (Wildman–Crippen MR) is 61.0 cm³/mol. The molecule has 0 atom stereocenters. The van der Waals surface area contributed by atoms with E-state index in [1.807, 2.05) is 0 Å². The minimum atomic E-state index is -1.23. The fraction of sp³-hybridized carbons (Fsp3) is 0. The molecule has 0 unspecified atom stereocenters. The minimum Gasteiger partial charge on any atom is -0.478 e. The van der Waals surface area contributed by atoms with E-state index in [1.54, 1.807) is 6.07 Å². The molecule has 3 N–H and O–H groups in total. The van der Waals surface area contributed by atoms with Crippen molar-refractivity contribution in [2.45, 2.75) is 0 Å². The smallest absolute Gasteiger partial charge is 0.340 e. The normalized spacial score (nSPS) is 10.2. The molecular formula is C12H9FN2O2. The van der Waals surface area contributed by atoms with Crippen molar-refractivity contribution in [2.24, 2.45) is 0 Å². The van der Waals surface area contributed by atoms with E-state index in [0.29, 0.717) is 0 Å². The van der Waals surface area contributed by atoms with Crippen molar-refractivity contribution >= 4 is 11.8 Å². The Balaban J connectivity index is 2.72. The average molecular weight is 232 g/mol. The maximum Gasteiger partial charge on any atom is 0.340 e. The number of carboxylic acids is 1. The Bertz CT molecular complexity index is 584. The number of carboxylic acid groups (broad SMARTS) is 1. The lowest BCUT2D eigenvalue weighted by Crippen LogP contribution is -2.07. The highest BCUT2D eigenvalue weighted by atomic mass is 19.1. The summed E-state index contributed by atoms with van der Waals surface area (Å²) in [6, 6.07) is 7.34. The monoisotopic (exact) mass is 232 g/mol. The Morgan fingerprint density at radius 2 is 1.94 bits per heavy atom. The van der Waals surface area contributed by atoms with E-state index >= 15 is 0 Å². The molecular weight excluding hydrogens is 223 g/mol. The van der Waals surface area contributed by atoms with E-state index in [-0.39, 0.29) is 22.5 Å². The number of hydrogen-bond donors (Lipinski definition) is 2. The standard InChI is InChI=1S/C12H9FN2O2/c13-9-4-2-1-3-7(9)8-5-6-15-11(14)10(8)12(16)17/h1-6H,(H2,14,15)(H,16,17). The first kappa shape index (κ1) is 11.1. The van der Waals surface area contributed by atoms with Crippen LogP contribution in [0.15, 0.2) is 36.5 Å². The first-order valence-electron chi connectivity index (χ1n) is 4.84. The van der Waals surface area contributed by atoms with Crippen LogP contribution in [0, 0.1) is 5.82 Å². The molecule has 5 heteroatoms. The van der Waals surface area contributed by atoms with Crippen LogP contribution in [0.2, 0.25) is 0 Å². The van der Waals surface area contributed by atoms with Gasteiger partial charge in [-0.2, -0.15) is 0 Å². The maximum atomic E-state index is 13.6. The predicted octanol–water partition coefficient (Wildman–Crippen LogP) is 2.17. The summed E-state index contributed by atoms with van der Waals surface area (Å²) in [6.07, 6.45) is 1.35. The minimum absolute atomic E-state index is 0.127. The number of carbonyl (C=O) groups is 1. The molecule has 0 spiro atoms. The Kier molecular flexibility index (Phi) is 2.74. The van der Waals surface area contributed by atoms with E-state index in [9.17, 15) is 9.18 Å². The SMILES string of the molecule is Nc1nccc(-c2ccccc2F)c1C(=O)O. The number of anilines is 1. The number of aromatic carboxylic acids is 1. The van der Waals surface area contributed by atoms with E-state index in [2.05, 4.69) is 4.98 Å². The summed E-state index contributed by atoms with van der Waals surface area (Å²) in [6.45, 7) is 0. The maximum absolute atomic E-state index is 13.6. The van der Waals surface area contributed by atoms with Gasteiger partial charge in [0.05, 0.1) is 0 Å². The quantitative estimate of drug-likeness (QED) is 0.831. The number of nitrogen functional groups attached to an aromatic ring is 1. The highest BCUT2D eigenvalue weighted by Gasteiger charge is 2.17. The number of nitrogens with zero attached hydrogens (tertiary/aromatic N) is 1. The van der Waals surface area contributed by atoms with E-state index < -0.39 is 11.8 Å². The number of nitrogens with two attached hydrogens (primary N) is 1. The fourth-order valence-corrected chi connectivity index (χ4v) is 1.61. The first-order chi connectivity index (χ1) is 8.11. The number of halogens is 1. The van der Waals surface area contributed by atoms with Crippen LogP contribution >= 0.6 is 0 Å². The lowest BCUT2D eigenvalue weighted by atomic mass is 10.0. The Morgan fingerprint density at radius 3 is 2.59 bits per heavy atom. The third kappa shape index (κ3) is 1.94. The number of rotatable bonds is 2. The van der Waals surface area contributed by atoms with Gasteiger partial charge in [-0.1, -0.05) is 18.2 Å². The van der Waals surface area contributed by atoms with Crippen LogP contribution < -0.4 is 5.73 Å². The number of pyridine rings is 1. The molecule has 2 aromatic rings. The Morgan fingerprint density at radius 1 is 1.24 bits per heavy atom. The van der Waals surface area contributed by atoms with Crippen LogP contribution in [-0.2, 0) is 0 Å². The third-order valence-electron chi connectivity index (χ3n) is 2.36. The lowest BCUT2D eigenvalue weighted by Gasteiger charge is -2.08.